The number of nitrogens with zero attached hydrogens (tertiary/aromatic N) is 3. The quantitative estimate of drug-likeness (QED) is 0.691. The van der Waals surface area contributed by atoms with Crippen molar-refractivity contribution in [2.75, 3.05) is 26.3 Å². The molecule has 0 bridgehead atoms. The van der Waals surface area contributed by atoms with Crippen molar-refractivity contribution in [2.24, 2.45) is 4.99 Å². The number of piperidine rings is 1. The van der Waals surface area contributed by atoms with Crippen LogP contribution >= 0.6 is 0 Å². The van der Waals surface area contributed by atoms with Crippen LogP contribution in [0.2, 0.25) is 0 Å². The Morgan fingerprint density at radius 3 is 2.59 bits per heavy atom. The van der Waals surface area contributed by atoms with E-state index in [0.29, 0.717) is 13.2 Å². The number of fused-ring (bicyclic) bond motifs is 1. The molecule has 2 unspecified atom stereocenters. The molecule has 2 fully saturated rings. The molecule has 6 nitrogen and oxygen atoms in total. The maximum absolute atomic E-state index is 13.9. The fourth-order valence-corrected chi connectivity index (χ4v) is 4.24. The summed E-state index contributed by atoms with van der Waals surface area (Å²) in [5.41, 5.74) is -1.80. The van der Waals surface area contributed by atoms with Crippen LogP contribution in [0, 0.1) is 11.6 Å². The Kier molecular flexibility index (Phi) is 5.09. The van der Waals surface area contributed by atoms with E-state index in [9.17, 15) is 26.7 Å². The molecule has 3 heterocycles. The lowest BCUT2D eigenvalue weighted by molar-refractivity contribution is -0.141. The Hall–Kier alpha value is -2.43. The third kappa shape index (κ3) is 3.63. The number of hydrogen-bond acceptors (Lipinski definition) is 4. The molecule has 0 saturated carbocycles. The number of aliphatic imine (C=N–C) groups is 1. The summed E-state index contributed by atoms with van der Waals surface area (Å²) in [6.07, 6.45) is -3.27. The van der Waals surface area contributed by atoms with Crippen molar-refractivity contribution < 1.29 is 26.7 Å². The average Bonchev–Trinajstić information content (AvgIpc) is 3.17. The topological polar surface area (TPSA) is 60.0 Å². The van der Waals surface area contributed by atoms with E-state index in [-0.39, 0.29) is 49.7 Å². The van der Waals surface area contributed by atoms with Crippen molar-refractivity contribution in [3.63, 3.8) is 0 Å². The van der Waals surface area contributed by atoms with Gasteiger partial charge >= 0.3 is 12.2 Å². The number of amides is 2. The first kappa shape index (κ1) is 19.9. The van der Waals surface area contributed by atoms with E-state index in [4.69, 9.17) is 0 Å². The number of urea groups is 1. The van der Waals surface area contributed by atoms with E-state index in [1.807, 2.05) is 0 Å². The SMILES string of the molecule is O=C(N1CCC(c2ccc(F)c(F)c2C(F)(F)F)CC1)N1CNCC2NC=NC21. The predicted octanol–water partition coefficient (Wildman–Crippen LogP) is 2.47. The highest BCUT2D eigenvalue weighted by Crippen LogP contribution is 2.41. The van der Waals surface area contributed by atoms with Gasteiger partial charge in [0.25, 0.3) is 0 Å². The van der Waals surface area contributed by atoms with Crippen molar-refractivity contribution in [3.8, 4) is 0 Å². The second-order valence-electron chi connectivity index (χ2n) is 7.41. The van der Waals surface area contributed by atoms with Gasteiger partial charge in [-0.3, -0.25) is 10.2 Å². The molecule has 0 aliphatic carbocycles. The molecule has 1 aromatic carbocycles. The standard InChI is InChI=1S/C18H20F5N5O/c19-12-2-1-11(14(15(12)20)18(21,22)23)10-3-5-27(6-4-10)17(29)28-9-24-7-13-16(28)26-8-25-13/h1-2,8,10,13,16,24H,3-7,9H2,(H,25,26). The van der Waals surface area contributed by atoms with Crippen LogP contribution in [-0.2, 0) is 6.18 Å². The van der Waals surface area contributed by atoms with E-state index in [1.54, 1.807) is 16.1 Å². The summed E-state index contributed by atoms with van der Waals surface area (Å²) in [6, 6.07) is 1.47. The van der Waals surface area contributed by atoms with Crippen molar-refractivity contribution >= 4 is 12.4 Å². The Morgan fingerprint density at radius 2 is 1.90 bits per heavy atom. The molecular formula is C18H20F5N5O. The van der Waals surface area contributed by atoms with Crippen LogP contribution in [-0.4, -0.2) is 60.7 Å². The Labute approximate surface area is 163 Å². The molecule has 0 radical (unpaired) electrons. The molecule has 29 heavy (non-hydrogen) atoms. The number of carbonyl (C=O) groups is 1. The van der Waals surface area contributed by atoms with Crippen molar-refractivity contribution in [1.82, 2.24) is 20.4 Å². The highest BCUT2D eigenvalue weighted by atomic mass is 19.4. The van der Waals surface area contributed by atoms with Gasteiger partial charge in [0, 0.05) is 19.6 Å². The number of alkyl halides is 3. The van der Waals surface area contributed by atoms with Gasteiger partial charge < -0.3 is 10.2 Å². The zero-order chi connectivity index (χ0) is 20.8. The van der Waals surface area contributed by atoms with E-state index in [2.05, 4.69) is 15.6 Å². The number of halogens is 5. The molecule has 2 amide bonds. The highest BCUT2D eigenvalue weighted by Gasteiger charge is 2.42. The van der Waals surface area contributed by atoms with Gasteiger partial charge in [0.1, 0.15) is 6.17 Å². The summed E-state index contributed by atoms with van der Waals surface area (Å²) in [4.78, 5) is 20.3. The number of likely N-dealkylation sites (tertiary alicyclic amines) is 1. The van der Waals surface area contributed by atoms with Crippen molar-refractivity contribution in [3.05, 3.63) is 34.9 Å². The highest BCUT2D eigenvalue weighted by molar-refractivity contribution is 5.76. The summed E-state index contributed by atoms with van der Waals surface area (Å²) >= 11 is 0. The van der Waals surface area contributed by atoms with Crippen LogP contribution in [0.5, 0.6) is 0 Å². The maximum Gasteiger partial charge on any atom is 0.419 e. The second-order valence-corrected chi connectivity index (χ2v) is 7.41. The van der Waals surface area contributed by atoms with Crippen molar-refractivity contribution in [1.29, 1.82) is 0 Å². The molecule has 3 aliphatic rings. The Balaban J connectivity index is 1.47. The zero-order valence-electron chi connectivity index (χ0n) is 15.3. The first-order chi connectivity index (χ1) is 13.8. The summed E-state index contributed by atoms with van der Waals surface area (Å²) in [6.45, 7) is 1.46. The lowest BCUT2D eigenvalue weighted by Gasteiger charge is -2.41. The lowest BCUT2D eigenvalue weighted by Crippen LogP contribution is -2.62. The molecular weight excluding hydrogens is 397 g/mol. The monoisotopic (exact) mass is 417 g/mol. The molecule has 2 atom stereocenters. The summed E-state index contributed by atoms with van der Waals surface area (Å²) in [5.74, 6) is -4.00. The van der Waals surface area contributed by atoms with Crippen LogP contribution in [0.3, 0.4) is 0 Å². The molecule has 11 heteroatoms. The van der Waals surface area contributed by atoms with Gasteiger partial charge in [0.2, 0.25) is 0 Å². The summed E-state index contributed by atoms with van der Waals surface area (Å²) in [5, 5.41) is 6.20. The smallest absolute Gasteiger partial charge is 0.368 e. The van der Waals surface area contributed by atoms with Crippen LogP contribution in [0.15, 0.2) is 17.1 Å². The molecule has 0 aromatic heterocycles. The van der Waals surface area contributed by atoms with E-state index < -0.39 is 29.3 Å². The first-order valence-electron chi connectivity index (χ1n) is 9.36. The van der Waals surface area contributed by atoms with Crippen LogP contribution < -0.4 is 10.6 Å². The van der Waals surface area contributed by atoms with E-state index >= 15 is 0 Å². The van der Waals surface area contributed by atoms with Gasteiger partial charge in [-0.05, 0) is 30.4 Å². The normalized spacial score (nSPS) is 25.1. The van der Waals surface area contributed by atoms with Gasteiger partial charge in [-0.1, -0.05) is 6.07 Å². The van der Waals surface area contributed by atoms with Crippen molar-refractivity contribution in [2.45, 2.75) is 37.1 Å². The Morgan fingerprint density at radius 1 is 1.17 bits per heavy atom. The van der Waals surface area contributed by atoms with Gasteiger partial charge in [0.15, 0.2) is 11.6 Å². The minimum absolute atomic E-state index is 0.0122. The Bertz CT molecular complexity index is 822. The second kappa shape index (κ2) is 7.43. The van der Waals surface area contributed by atoms with Crippen LogP contribution in [0.1, 0.15) is 29.9 Å². The molecule has 158 valence electrons. The summed E-state index contributed by atoms with van der Waals surface area (Å²) < 4.78 is 67.2. The third-order valence-corrected chi connectivity index (χ3v) is 5.70. The summed E-state index contributed by atoms with van der Waals surface area (Å²) in [7, 11) is 0. The average molecular weight is 417 g/mol. The molecule has 1 aromatic rings. The van der Waals surface area contributed by atoms with E-state index in [1.165, 1.54) is 0 Å². The van der Waals surface area contributed by atoms with Gasteiger partial charge in [0.05, 0.1) is 24.6 Å². The van der Waals surface area contributed by atoms with Crippen LogP contribution in [0.4, 0.5) is 26.7 Å². The fraction of sp³-hybridized carbons (Fsp3) is 0.556. The predicted molar refractivity (Wildman–Crippen MR) is 94.2 cm³/mol. The van der Waals surface area contributed by atoms with Gasteiger partial charge in [-0.25, -0.2) is 18.6 Å². The van der Waals surface area contributed by atoms with Crippen LogP contribution in [0.25, 0.3) is 0 Å². The zero-order valence-corrected chi connectivity index (χ0v) is 15.3. The lowest BCUT2D eigenvalue weighted by atomic mass is 9.86. The molecule has 0 spiro atoms. The van der Waals surface area contributed by atoms with Gasteiger partial charge in [-0.2, -0.15) is 13.2 Å². The molecule has 2 N–H and O–H groups in total. The number of carbonyl (C=O) groups excluding carboxylic acids is 1. The number of hydrogen-bond donors (Lipinski definition) is 2. The largest absolute Gasteiger partial charge is 0.419 e. The van der Waals surface area contributed by atoms with Gasteiger partial charge in [-0.15, -0.1) is 0 Å². The molecule has 3 aliphatic heterocycles. The fourth-order valence-electron chi connectivity index (χ4n) is 4.24. The maximum atomic E-state index is 13.9. The van der Waals surface area contributed by atoms with E-state index in [0.717, 1.165) is 12.1 Å². The molecule has 4 rings (SSSR count). The number of benzene rings is 1. The first-order valence-corrected chi connectivity index (χ1v) is 9.36. The third-order valence-electron chi connectivity index (χ3n) is 5.70. The molecule has 2 saturated heterocycles. The minimum Gasteiger partial charge on any atom is -0.368 e. The number of rotatable bonds is 1. The number of nitrogens with one attached hydrogen (secondary N) is 2. The minimum atomic E-state index is -4.99.